The zero-order valence-corrected chi connectivity index (χ0v) is 27.1. The minimum atomic E-state index is -4.91. The van der Waals surface area contributed by atoms with Gasteiger partial charge in [-0.25, -0.2) is 24.4 Å². The number of nitrogens with one attached hydrogen (secondary N) is 1. The number of halogens is 9. The van der Waals surface area contributed by atoms with Crippen molar-refractivity contribution in [1.29, 1.82) is 0 Å². The van der Waals surface area contributed by atoms with Gasteiger partial charge in [-0.1, -0.05) is 18.2 Å². The Kier molecular flexibility index (Phi) is 10.2. The molecule has 6 rings (SSSR count). The van der Waals surface area contributed by atoms with Crippen LogP contribution in [0, 0.1) is 0 Å². The summed E-state index contributed by atoms with van der Waals surface area (Å²) in [4.78, 5) is 62.4. The maximum absolute atomic E-state index is 13.5. The van der Waals surface area contributed by atoms with Crippen LogP contribution in [0.15, 0.2) is 90.2 Å². The summed E-state index contributed by atoms with van der Waals surface area (Å²) < 4.78 is 144. The van der Waals surface area contributed by atoms with E-state index in [2.05, 4.69) is 15.0 Å². The average Bonchev–Trinajstić information content (AvgIpc) is 3.71. The van der Waals surface area contributed by atoms with Crippen molar-refractivity contribution in [2.75, 3.05) is 6.61 Å². The number of alkyl halides is 9. The highest BCUT2D eigenvalue weighted by Gasteiger charge is 2.52. The molecule has 0 spiro atoms. The maximum Gasteiger partial charge on any atom is 0.416 e. The van der Waals surface area contributed by atoms with E-state index in [0.29, 0.717) is 36.4 Å². The van der Waals surface area contributed by atoms with E-state index < -0.39 is 107 Å². The van der Waals surface area contributed by atoms with Gasteiger partial charge in [0.15, 0.2) is 29.6 Å². The molecule has 3 heterocycles. The summed E-state index contributed by atoms with van der Waals surface area (Å²) in [6.45, 7) is -0.982. The molecule has 0 radical (unpaired) electrons. The number of nitrogens with zero attached hydrogens (tertiary/aromatic N) is 3. The molecule has 4 atom stereocenters. The lowest BCUT2D eigenvalue weighted by atomic mass is 10.1. The SMILES string of the molecule is O=C(OC[C@H]1O[C@@H](n2cnc3c(=O)[nH]cnc32)[C@H](OC(=O)c2cccc(C(F)(F)F)c2)[C@@H]1OC(=O)c1cccc(C(F)(F)F)c1)c1cccc(C(F)(F)F)c1. The smallest absolute Gasteiger partial charge is 0.416 e. The number of aromatic nitrogens is 4. The van der Waals surface area contributed by atoms with Crippen molar-refractivity contribution >= 4 is 29.1 Å². The van der Waals surface area contributed by atoms with Crippen LogP contribution in [0.1, 0.15) is 54.0 Å². The van der Waals surface area contributed by atoms with Gasteiger partial charge < -0.3 is 23.9 Å². The summed E-state index contributed by atoms with van der Waals surface area (Å²) >= 11 is 0. The van der Waals surface area contributed by atoms with Crippen molar-refractivity contribution in [3.05, 3.63) is 129 Å². The molecule has 0 bridgehead atoms. The van der Waals surface area contributed by atoms with Crippen molar-refractivity contribution in [3.8, 4) is 0 Å². The Hall–Kier alpha value is -6.25. The van der Waals surface area contributed by atoms with Gasteiger partial charge >= 0.3 is 36.4 Å². The van der Waals surface area contributed by atoms with Crippen LogP contribution in [-0.2, 0) is 37.5 Å². The lowest BCUT2D eigenvalue weighted by molar-refractivity contribution is -0.138. The minimum absolute atomic E-state index is 0.238. The molecular weight excluding hydrogens is 763 g/mol. The molecule has 288 valence electrons. The van der Waals surface area contributed by atoms with Crippen molar-refractivity contribution in [3.63, 3.8) is 0 Å². The van der Waals surface area contributed by atoms with Crippen molar-refractivity contribution in [2.24, 2.45) is 0 Å². The standard InChI is InChI=1S/C34H21F9N4O8/c35-32(36,37)19-7-1-4-16(10-19)29(49)52-13-22-24(54-30(50)17-5-2-8-20(11-17)33(38,39)40)25(55-31(51)18-6-3-9-21(12-18)34(41,42)43)28(53-22)47-15-46-23-26(47)44-14-45-27(23)48/h1-12,14-15,22,24-25,28H,13H2,(H,44,45,48)/t22-,24-,25-,28-/m1/s1. The van der Waals surface area contributed by atoms with Crippen molar-refractivity contribution in [1.82, 2.24) is 19.5 Å². The second-order valence-corrected chi connectivity index (χ2v) is 11.7. The Morgan fingerprint density at radius 2 is 1.16 bits per heavy atom. The number of carbonyl (C=O) groups excluding carboxylic acids is 3. The van der Waals surface area contributed by atoms with Crippen molar-refractivity contribution < 1.29 is 72.8 Å². The Morgan fingerprint density at radius 3 is 1.65 bits per heavy atom. The summed E-state index contributed by atoms with van der Waals surface area (Å²) in [6.07, 6.45) is -20.2. The van der Waals surface area contributed by atoms with Gasteiger partial charge in [-0.2, -0.15) is 39.5 Å². The number of rotatable bonds is 8. The van der Waals surface area contributed by atoms with Crippen LogP contribution < -0.4 is 5.56 Å². The summed E-state index contributed by atoms with van der Waals surface area (Å²) in [6, 6.07) is 8.93. The lowest BCUT2D eigenvalue weighted by Gasteiger charge is -2.25. The van der Waals surface area contributed by atoms with Crippen LogP contribution in [0.3, 0.4) is 0 Å². The molecule has 0 aliphatic carbocycles. The third-order valence-electron chi connectivity index (χ3n) is 8.07. The second kappa shape index (κ2) is 14.5. The first-order valence-electron chi connectivity index (χ1n) is 15.5. The molecule has 0 saturated carbocycles. The van der Waals surface area contributed by atoms with Gasteiger partial charge in [0.1, 0.15) is 12.7 Å². The highest BCUT2D eigenvalue weighted by molar-refractivity contribution is 5.91. The number of aromatic amines is 1. The van der Waals surface area contributed by atoms with Gasteiger partial charge in [-0.15, -0.1) is 0 Å². The van der Waals surface area contributed by atoms with Gasteiger partial charge in [0, 0.05) is 0 Å². The van der Waals surface area contributed by atoms with E-state index in [-0.39, 0.29) is 11.2 Å². The van der Waals surface area contributed by atoms with Crippen LogP contribution >= 0.6 is 0 Å². The van der Waals surface area contributed by atoms with Crippen LogP contribution in [0.2, 0.25) is 0 Å². The average molecular weight is 785 g/mol. The number of H-pyrrole nitrogens is 1. The first-order chi connectivity index (χ1) is 25.8. The van der Waals surface area contributed by atoms with E-state index in [1.807, 2.05) is 0 Å². The van der Waals surface area contributed by atoms with Crippen LogP contribution in [-0.4, -0.2) is 62.3 Å². The fourth-order valence-electron chi connectivity index (χ4n) is 5.48. The molecule has 3 aromatic carbocycles. The molecule has 0 amide bonds. The zero-order valence-electron chi connectivity index (χ0n) is 27.1. The quantitative estimate of drug-likeness (QED) is 0.107. The fourth-order valence-corrected chi connectivity index (χ4v) is 5.48. The number of esters is 3. The monoisotopic (exact) mass is 784 g/mol. The number of ether oxygens (including phenoxy) is 4. The van der Waals surface area contributed by atoms with E-state index in [4.69, 9.17) is 18.9 Å². The molecule has 0 unspecified atom stereocenters. The van der Waals surface area contributed by atoms with E-state index >= 15 is 0 Å². The first-order valence-corrected chi connectivity index (χ1v) is 15.5. The number of carbonyl (C=O) groups is 3. The Morgan fingerprint density at radius 1 is 0.691 bits per heavy atom. The van der Waals surface area contributed by atoms with E-state index in [1.165, 1.54) is 0 Å². The summed E-state index contributed by atoms with van der Waals surface area (Å²) in [5.41, 5.74) is -6.95. The highest BCUT2D eigenvalue weighted by Crippen LogP contribution is 2.38. The summed E-state index contributed by atoms with van der Waals surface area (Å²) in [7, 11) is 0. The maximum atomic E-state index is 13.5. The lowest BCUT2D eigenvalue weighted by Crippen LogP contribution is -2.41. The molecule has 2 aromatic heterocycles. The van der Waals surface area contributed by atoms with Gasteiger partial charge in [-0.3, -0.25) is 9.36 Å². The summed E-state index contributed by atoms with van der Waals surface area (Å²) in [5.74, 6) is -4.28. The molecule has 5 aromatic rings. The Balaban J connectivity index is 1.40. The molecule has 1 fully saturated rings. The number of hydrogen-bond donors (Lipinski definition) is 1. The van der Waals surface area contributed by atoms with Gasteiger partial charge in [0.05, 0.1) is 46.0 Å². The number of hydrogen-bond acceptors (Lipinski definition) is 10. The van der Waals surface area contributed by atoms with Gasteiger partial charge in [0.25, 0.3) is 5.56 Å². The topological polar surface area (TPSA) is 152 Å². The molecular formula is C34H21F9N4O8. The van der Waals surface area contributed by atoms with Gasteiger partial charge in [-0.05, 0) is 54.6 Å². The van der Waals surface area contributed by atoms with E-state index in [0.717, 1.165) is 53.6 Å². The van der Waals surface area contributed by atoms with Crippen LogP contribution in [0.4, 0.5) is 39.5 Å². The molecule has 21 heteroatoms. The second-order valence-electron chi connectivity index (χ2n) is 11.7. The Labute approximate surface area is 300 Å². The van der Waals surface area contributed by atoms with Gasteiger partial charge in [0.2, 0.25) is 0 Å². The predicted molar refractivity (Wildman–Crippen MR) is 165 cm³/mol. The number of imidazole rings is 1. The minimum Gasteiger partial charge on any atom is -0.459 e. The third-order valence-corrected chi connectivity index (χ3v) is 8.07. The molecule has 1 saturated heterocycles. The fraction of sp³-hybridized carbons (Fsp3) is 0.235. The normalized spacial score (nSPS) is 18.9. The molecule has 12 nitrogen and oxygen atoms in total. The number of fused-ring (bicyclic) bond motifs is 1. The Bertz CT molecular complexity index is 2320. The summed E-state index contributed by atoms with van der Waals surface area (Å²) in [5, 5.41) is 0. The van der Waals surface area contributed by atoms with Crippen LogP contribution in [0.5, 0.6) is 0 Å². The van der Waals surface area contributed by atoms with Crippen LogP contribution in [0.25, 0.3) is 11.2 Å². The predicted octanol–water partition coefficient (Wildman–Crippen LogP) is 6.38. The first kappa shape index (κ1) is 38.5. The molecule has 1 N–H and O–H groups in total. The largest absolute Gasteiger partial charge is 0.459 e. The van der Waals surface area contributed by atoms with E-state index in [9.17, 15) is 58.7 Å². The highest BCUT2D eigenvalue weighted by atomic mass is 19.4. The number of benzene rings is 3. The zero-order chi connectivity index (χ0) is 39.9. The van der Waals surface area contributed by atoms with Crippen molar-refractivity contribution in [2.45, 2.75) is 43.1 Å². The van der Waals surface area contributed by atoms with E-state index in [1.54, 1.807) is 0 Å². The third kappa shape index (κ3) is 8.30. The molecule has 1 aliphatic heterocycles. The molecule has 1 aliphatic rings. The molecule has 55 heavy (non-hydrogen) atoms.